The molecule has 0 N–H and O–H groups in total. The molecule has 3 aromatic rings. The first-order valence-corrected chi connectivity index (χ1v) is 7.71. The molecule has 0 fully saturated rings. The Bertz CT molecular complexity index is 731. The lowest BCUT2D eigenvalue weighted by molar-refractivity contribution is 0.968. The van der Waals surface area contributed by atoms with Gasteiger partial charge in [0, 0.05) is 40.8 Å². The van der Waals surface area contributed by atoms with E-state index in [0.717, 1.165) is 23.4 Å². The minimum absolute atomic E-state index is 0.982. The number of hydrogen-bond donors (Lipinski definition) is 0. The summed E-state index contributed by atoms with van der Waals surface area (Å²) in [7, 11) is 2.10. The van der Waals surface area contributed by atoms with Crippen molar-refractivity contribution in [2.75, 3.05) is 18.5 Å². The first-order valence-electron chi connectivity index (χ1n) is 6.63. The average molecular weight is 377 g/mol. The van der Waals surface area contributed by atoms with Crippen LogP contribution >= 0.6 is 22.6 Å². The van der Waals surface area contributed by atoms with Crippen molar-refractivity contribution in [1.82, 2.24) is 9.38 Å². The second kappa shape index (κ2) is 5.44. The molecule has 3 rings (SSSR count). The zero-order valence-electron chi connectivity index (χ0n) is 11.5. The summed E-state index contributed by atoms with van der Waals surface area (Å²) in [5.74, 6) is 0. The molecule has 0 bridgehead atoms. The van der Waals surface area contributed by atoms with Gasteiger partial charge in [0.05, 0.1) is 5.69 Å². The van der Waals surface area contributed by atoms with Crippen molar-refractivity contribution in [3.8, 4) is 11.3 Å². The van der Waals surface area contributed by atoms with Crippen LogP contribution in [0.4, 0.5) is 5.69 Å². The van der Waals surface area contributed by atoms with Crippen LogP contribution < -0.4 is 4.90 Å². The van der Waals surface area contributed by atoms with Crippen LogP contribution in [0.25, 0.3) is 16.9 Å². The average Bonchev–Trinajstić information content (AvgIpc) is 2.89. The highest BCUT2D eigenvalue weighted by atomic mass is 127. The smallest absolute Gasteiger partial charge is 0.137 e. The number of pyridine rings is 1. The number of benzene rings is 1. The molecular formula is C16H16IN3. The Morgan fingerprint density at radius 1 is 1.10 bits per heavy atom. The van der Waals surface area contributed by atoms with Crippen molar-refractivity contribution >= 4 is 33.9 Å². The largest absolute Gasteiger partial charge is 0.375 e. The zero-order valence-corrected chi connectivity index (χ0v) is 13.7. The van der Waals surface area contributed by atoms with Gasteiger partial charge in [-0.15, -0.1) is 0 Å². The first kappa shape index (κ1) is 13.4. The molecule has 0 atom stereocenters. The van der Waals surface area contributed by atoms with Crippen LogP contribution in [0.2, 0.25) is 0 Å². The number of aromatic nitrogens is 2. The molecule has 0 amide bonds. The van der Waals surface area contributed by atoms with E-state index >= 15 is 0 Å². The fourth-order valence-electron chi connectivity index (χ4n) is 2.17. The lowest BCUT2D eigenvalue weighted by Gasteiger charge is -2.16. The minimum atomic E-state index is 0.982. The highest BCUT2D eigenvalue weighted by Gasteiger charge is 2.05. The maximum Gasteiger partial charge on any atom is 0.137 e. The van der Waals surface area contributed by atoms with Crippen molar-refractivity contribution in [2.24, 2.45) is 0 Å². The highest BCUT2D eigenvalue weighted by molar-refractivity contribution is 14.1. The lowest BCUT2D eigenvalue weighted by Crippen LogP contribution is -2.15. The molecule has 102 valence electrons. The quantitative estimate of drug-likeness (QED) is 0.642. The summed E-state index contributed by atoms with van der Waals surface area (Å²) in [5.41, 5.74) is 4.37. The van der Waals surface area contributed by atoms with E-state index in [4.69, 9.17) is 0 Å². The fraction of sp³-hybridized carbons (Fsp3) is 0.188. The van der Waals surface area contributed by atoms with Crippen molar-refractivity contribution in [1.29, 1.82) is 0 Å². The molecule has 2 aromatic heterocycles. The Labute approximate surface area is 132 Å². The Morgan fingerprint density at radius 3 is 2.55 bits per heavy atom. The Morgan fingerprint density at radius 2 is 1.85 bits per heavy atom. The van der Waals surface area contributed by atoms with E-state index in [-0.39, 0.29) is 0 Å². The van der Waals surface area contributed by atoms with Gasteiger partial charge in [-0.3, -0.25) is 0 Å². The standard InChI is InChI=1S/C16H16IN3/c1-3-19(2)14-7-4-12(5-8-14)15-11-20-10-13(17)6-9-16(20)18-15/h4-11H,3H2,1-2H3. The summed E-state index contributed by atoms with van der Waals surface area (Å²) in [6.07, 6.45) is 4.17. The number of nitrogens with zero attached hydrogens (tertiary/aromatic N) is 3. The second-order valence-electron chi connectivity index (χ2n) is 4.80. The molecule has 1 aromatic carbocycles. The van der Waals surface area contributed by atoms with Crippen molar-refractivity contribution in [2.45, 2.75) is 6.92 Å². The second-order valence-corrected chi connectivity index (χ2v) is 6.05. The molecule has 2 heterocycles. The van der Waals surface area contributed by atoms with Crippen molar-refractivity contribution in [3.63, 3.8) is 0 Å². The summed E-state index contributed by atoms with van der Waals surface area (Å²) in [5, 5.41) is 0. The van der Waals surface area contributed by atoms with Crippen LogP contribution in [0.15, 0.2) is 48.8 Å². The SMILES string of the molecule is CCN(C)c1ccc(-c2cn3cc(I)ccc3n2)cc1. The molecule has 0 saturated carbocycles. The highest BCUT2D eigenvalue weighted by Crippen LogP contribution is 2.23. The molecular weight excluding hydrogens is 361 g/mol. The van der Waals surface area contributed by atoms with Crippen LogP contribution in [0.3, 0.4) is 0 Å². The van der Waals surface area contributed by atoms with Crippen LogP contribution in [-0.4, -0.2) is 23.0 Å². The molecule has 0 aliphatic rings. The van der Waals surface area contributed by atoms with Crippen LogP contribution in [0.5, 0.6) is 0 Å². The van der Waals surface area contributed by atoms with E-state index in [2.05, 4.69) is 93.6 Å². The predicted molar refractivity (Wildman–Crippen MR) is 92.3 cm³/mol. The van der Waals surface area contributed by atoms with Crippen LogP contribution in [0, 0.1) is 3.57 Å². The van der Waals surface area contributed by atoms with Gasteiger partial charge >= 0.3 is 0 Å². The van der Waals surface area contributed by atoms with Crippen LogP contribution in [0.1, 0.15) is 6.92 Å². The molecule has 3 nitrogen and oxygen atoms in total. The molecule has 0 spiro atoms. The van der Waals surface area contributed by atoms with Gasteiger partial charge in [-0.05, 0) is 53.8 Å². The Hall–Kier alpha value is -1.56. The van der Waals surface area contributed by atoms with Gasteiger partial charge in [0.25, 0.3) is 0 Å². The van der Waals surface area contributed by atoms with E-state index < -0.39 is 0 Å². The maximum absolute atomic E-state index is 4.66. The van der Waals surface area contributed by atoms with E-state index in [1.807, 2.05) is 6.07 Å². The first-order chi connectivity index (χ1) is 9.67. The third kappa shape index (κ3) is 2.52. The number of rotatable bonds is 3. The summed E-state index contributed by atoms with van der Waals surface area (Å²) >= 11 is 2.31. The lowest BCUT2D eigenvalue weighted by atomic mass is 10.1. The van der Waals surface area contributed by atoms with Gasteiger partial charge in [-0.2, -0.15) is 0 Å². The van der Waals surface area contributed by atoms with E-state index in [9.17, 15) is 0 Å². The van der Waals surface area contributed by atoms with Crippen molar-refractivity contribution in [3.05, 3.63) is 52.4 Å². The van der Waals surface area contributed by atoms with E-state index in [1.54, 1.807) is 0 Å². The molecule has 20 heavy (non-hydrogen) atoms. The summed E-state index contributed by atoms with van der Waals surface area (Å²) in [6.45, 7) is 3.16. The van der Waals surface area contributed by atoms with Crippen LogP contribution in [-0.2, 0) is 0 Å². The predicted octanol–water partition coefficient (Wildman–Crippen LogP) is 4.06. The normalized spacial score (nSPS) is 10.9. The van der Waals surface area contributed by atoms with Gasteiger partial charge in [0.1, 0.15) is 5.65 Å². The molecule has 0 aliphatic carbocycles. The number of imidazole rings is 1. The van der Waals surface area contributed by atoms with Gasteiger partial charge in [0.15, 0.2) is 0 Å². The minimum Gasteiger partial charge on any atom is -0.375 e. The van der Waals surface area contributed by atoms with Gasteiger partial charge in [0.2, 0.25) is 0 Å². The monoisotopic (exact) mass is 377 g/mol. The number of halogens is 1. The van der Waals surface area contributed by atoms with E-state index in [0.29, 0.717) is 0 Å². The van der Waals surface area contributed by atoms with Gasteiger partial charge in [-0.25, -0.2) is 4.98 Å². The van der Waals surface area contributed by atoms with Gasteiger partial charge in [-0.1, -0.05) is 12.1 Å². The number of hydrogen-bond acceptors (Lipinski definition) is 2. The number of anilines is 1. The zero-order chi connectivity index (χ0) is 14.1. The Balaban J connectivity index is 1.98. The third-order valence-corrected chi connectivity index (χ3v) is 4.13. The van der Waals surface area contributed by atoms with Crippen molar-refractivity contribution < 1.29 is 0 Å². The van der Waals surface area contributed by atoms with E-state index in [1.165, 1.54) is 9.26 Å². The summed E-state index contributed by atoms with van der Waals surface area (Å²) in [6, 6.07) is 12.7. The topological polar surface area (TPSA) is 20.5 Å². The summed E-state index contributed by atoms with van der Waals surface area (Å²) < 4.78 is 3.28. The molecule has 0 radical (unpaired) electrons. The summed E-state index contributed by atoms with van der Waals surface area (Å²) in [4.78, 5) is 6.88. The maximum atomic E-state index is 4.66. The molecule has 0 unspecified atom stereocenters. The third-order valence-electron chi connectivity index (χ3n) is 3.49. The molecule has 0 saturated heterocycles. The molecule has 0 aliphatic heterocycles. The molecule has 4 heteroatoms. The fourth-order valence-corrected chi connectivity index (χ4v) is 2.65. The van der Waals surface area contributed by atoms with Gasteiger partial charge < -0.3 is 9.30 Å². The Kier molecular flexibility index (Phi) is 3.65. The number of fused-ring (bicyclic) bond motifs is 1.